The maximum absolute atomic E-state index is 12.0. The molecule has 0 fully saturated rings. The molecule has 1 aromatic carbocycles. The van der Waals surface area contributed by atoms with E-state index >= 15 is 0 Å². The minimum atomic E-state index is -3.68. The van der Waals surface area contributed by atoms with E-state index in [2.05, 4.69) is 10.3 Å². The largest absolute Gasteiger partial charge is 0.350 e. The molecule has 1 aromatic heterocycles. The van der Waals surface area contributed by atoms with Crippen molar-refractivity contribution in [2.45, 2.75) is 30.7 Å². The van der Waals surface area contributed by atoms with Crippen LogP contribution in [0, 0.1) is 0 Å². The van der Waals surface area contributed by atoms with E-state index in [1.54, 1.807) is 17.5 Å². The van der Waals surface area contributed by atoms with Crippen LogP contribution in [0.25, 0.3) is 0 Å². The number of nitrogens with one attached hydrogen (secondary N) is 1. The van der Waals surface area contributed by atoms with Gasteiger partial charge in [0, 0.05) is 11.9 Å². The summed E-state index contributed by atoms with van der Waals surface area (Å²) in [6.45, 7) is 2.38. The van der Waals surface area contributed by atoms with Crippen molar-refractivity contribution in [3.63, 3.8) is 0 Å². The Hall–Kier alpha value is -1.81. The van der Waals surface area contributed by atoms with E-state index in [1.807, 2.05) is 6.92 Å². The van der Waals surface area contributed by atoms with Gasteiger partial charge >= 0.3 is 0 Å². The molecule has 7 nitrogen and oxygen atoms in total. The van der Waals surface area contributed by atoms with E-state index in [-0.39, 0.29) is 16.8 Å². The molecule has 24 heavy (non-hydrogen) atoms. The summed E-state index contributed by atoms with van der Waals surface area (Å²) in [4.78, 5) is 16.4. The van der Waals surface area contributed by atoms with Gasteiger partial charge in [-0.25, -0.2) is 18.5 Å². The summed E-state index contributed by atoms with van der Waals surface area (Å²) < 4.78 is 22.4. The summed E-state index contributed by atoms with van der Waals surface area (Å²) in [5.41, 5.74) is 7.15. The number of hydrogen-bond acceptors (Lipinski definition) is 6. The number of amides is 1. The molecular weight excluding hydrogens is 348 g/mol. The Kier molecular flexibility index (Phi) is 6.05. The molecule has 2 aromatic rings. The molecule has 1 unspecified atom stereocenters. The fourth-order valence-corrected chi connectivity index (χ4v) is 3.39. The van der Waals surface area contributed by atoms with Crippen LogP contribution in [0.15, 0.2) is 34.5 Å². The first-order valence-corrected chi connectivity index (χ1v) is 9.84. The SMILES string of the molecule is CCC(N)c1nc(C(=O)NCCc2ccc(S(N)(=O)=O)cc2)cs1. The molecule has 0 saturated heterocycles. The Bertz CT molecular complexity index is 800. The highest BCUT2D eigenvalue weighted by atomic mass is 32.2. The lowest BCUT2D eigenvalue weighted by Crippen LogP contribution is -2.26. The summed E-state index contributed by atoms with van der Waals surface area (Å²) >= 11 is 1.38. The van der Waals surface area contributed by atoms with Gasteiger partial charge in [-0.15, -0.1) is 11.3 Å². The van der Waals surface area contributed by atoms with E-state index < -0.39 is 10.0 Å². The Morgan fingerprint density at radius 1 is 1.33 bits per heavy atom. The van der Waals surface area contributed by atoms with Crippen LogP contribution in [0.1, 0.15) is 40.4 Å². The van der Waals surface area contributed by atoms with Crippen molar-refractivity contribution < 1.29 is 13.2 Å². The number of aromatic nitrogens is 1. The highest BCUT2D eigenvalue weighted by molar-refractivity contribution is 7.89. The Balaban J connectivity index is 1.87. The summed E-state index contributed by atoms with van der Waals surface area (Å²) in [7, 11) is -3.68. The predicted octanol–water partition coefficient (Wildman–Crippen LogP) is 1.17. The second-order valence-corrected chi connectivity index (χ2v) is 7.73. The van der Waals surface area contributed by atoms with Crippen molar-refractivity contribution in [3.05, 3.63) is 45.9 Å². The van der Waals surface area contributed by atoms with Gasteiger partial charge in [-0.2, -0.15) is 0 Å². The van der Waals surface area contributed by atoms with Crippen LogP contribution in [-0.2, 0) is 16.4 Å². The lowest BCUT2D eigenvalue weighted by atomic mass is 10.1. The molecule has 0 aliphatic heterocycles. The first kappa shape index (κ1) is 18.5. The second-order valence-electron chi connectivity index (χ2n) is 5.28. The molecule has 1 heterocycles. The van der Waals surface area contributed by atoms with Crippen LogP contribution in [0.2, 0.25) is 0 Å². The summed E-state index contributed by atoms with van der Waals surface area (Å²) in [5, 5.41) is 10.3. The highest BCUT2D eigenvalue weighted by Crippen LogP contribution is 2.18. The average Bonchev–Trinajstić information content (AvgIpc) is 3.04. The van der Waals surface area contributed by atoms with Crippen LogP contribution in [0.5, 0.6) is 0 Å². The maximum Gasteiger partial charge on any atom is 0.270 e. The van der Waals surface area contributed by atoms with Crippen molar-refractivity contribution in [1.82, 2.24) is 10.3 Å². The number of carbonyl (C=O) groups excluding carboxylic acids is 1. The molecule has 0 aliphatic rings. The first-order valence-electron chi connectivity index (χ1n) is 7.42. The predicted molar refractivity (Wildman–Crippen MR) is 93.2 cm³/mol. The van der Waals surface area contributed by atoms with Crippen LogP contribution in [0.3, 0.4) is 0 Å². The summed E-state index contributed by atoms with van der Waals surface area (Å²) in [6.07, 6.45) is 1.34. The van der Waals surface area contributed by atoms with Gasteiger partial charge in [0.15, 0.2) is 0 Å². The molecule has 9 heteroatoms. The molecule has 0 aliphatic carbocycles. The number of nitrogens with two attached hydrogens (primary N) is 2. The molecule has 0 radical (unpaired) electrons. The van der Waals surface area contributed by atoms with E-state index in [0.29, 0.717) is 18.7 Å². The van der Waals surface area contributed by atoms with Gasteiger partial charge in [0.05, 0.1) is 10.9 Å². The van der Waals surface area contributed by atoms with Crippen LogP contribution < -0.4 is 16.2 Å². The minimum absolute atomic E-state index is 0.0672. The lowest BCUT2D eigenvalue weighted by molar-refractivity contribution is 0.0949. The number of primary sulfonamides is 1. The van der Waals surface area contributed by atoms with Crippen molar-refractivity contribution in [3.8, 4) is 0 Å². The number of carbonyl (C=O) groups is 1. The molecule has 130 valence electrons. The number of thiazole rings is 1. The molecule has 5 N–H and O–H groups in total. The van der Waals surface area contributed by atoms with Gasteiger partial charge in [0.2, 0.25) is 10.0 Å². The summed E-state index contributed by atoms with van der Waals surface area (Å²) in [6, 6.07) is 6.10. The standard InChI is InChI=1S/C15H20N4O3S2/c1-2-12(16)15-19-13(9-23-15)14(20)18-8-7-10-3-5-11(6-4-10)24(17,21)22/h3-6,9,12H,2,7-8,16H2,1H3,(H,18,20)(H2,17,21,22). The van der Waals surface area contributed by atoms with Gasteiger partial charge in [-0.1, -0.05) is 19.1 Å². The quantitative estimate of drug-likeness (QED) is 0.676. The van der Waals surface area contributed by atoms with Crippen LogP contribution in [0.4, 0.5) is 0 Å². The molecule has 0 spiro atoms. The first-order chi connectivity index (χ1) is 11.3. The van der Waals surface area contributed by atoms with Crippen molar-refractivity contribution in [1.29, 1.82) is 0 Å². The monoisotopic (exact) mass is 368 g/mol. The second kappa shape index (κ2) is 7.84. The fourth-order valence-electron chi connectivity index (χ4n) is 1.99. The zero-order valence-corrected chi connectivity index (χ0v) is 14.9. The van der Waals surface area contributed by atoms with Crippen molar-refractivity contribution in [2.24, 2.45) is 10.9 Å². The van der Waals surface area contributed by atoms with Gasteiger partial charge in [0.1, 0.15) is 10.7 Å². The van der Waals surface area contributed by atoms with E-state index in [4.69, 9.17) is 10.9 Å². The maximum atomic E-state index is 12.0. The van der Waals surface area contributed by atoms with Crippen molar-refractivity contribution in [2.75, 3.05) is 6.54 Å². The van der Waals surface area contributed by atoms with E-state index in [9.17, 15) is 13.2 Å². The van der Waals surface area contributed by atoms with E-state index in [1.165, 1.54) is 23.5 Å². The third-order valence-electron chi connectivity index (χ3n) is 3.46. The number of rotatable bonds is 7. The van der Waals surface area contributed by atoms with Gasteiger partial charge < -0.3 is 11.1 Å². The Morgan fingerprint density at radius 2 is 2.00 bits per heavy atom. The van der Waals surface area contributed by atoms with Gasteiger partial charge in [-0.3, -0.25) is 4.79 Å². The topological polar surface area (TPSA) is 128 Å². The average molecular weight is 368 g/mol. The zero-order chi connectivity index (χ0) is 17.7. The molecule has 2 rings (SSSR count). The molecule has 0 bridgehead atoms. The molecule has 1 amide bonds. The highest BCUT2D eigenvalue weighted by Gasteiger charge is 2.13. The molecule has 0 saturated carbocycles. The summed E-state index contributed by atoms with van der Waals surface area (Å²) in [5.74, 6) is -0.248. The third-order valence-corrected chi connectivity index (χ3v) is 5.37. The van der Waals surface area contributed by atoms with Crippen LogP contribution in [-0.4, -0.2) is 25.9 Å². The number of hydrogen-bond donors (Lipinski definition) is 3. The lowest BCUT2D eigenvalue weighted by Gasteiger charge is -2.05. The number of benzene rings is 1. The van der Waals surface area contributed by atoms with Crippen LogP contribution >= 0.6 is 11.3 Å². The Morgan fingerprint density at radius 3 is 2.58 bits per heavy atom. The third kappa shape index (κ3) is 4.84. The molecule has 1 atom stereocenters. The smallest absolute Gasteiger partial charge is 0.270 e. The zero-order valence-electron chi connectivity index (χ0n) is 13.2. The number of sulfonamides is 1. The normalized spacial score (nSPS) is 12.8. The van der Waals surface area contributed by atoms with Gasteiger partial charge in [0.25, 0.3) is 5.91 Å². The van der Waals surface area contributed by atoms with Crippen molar-refractivity contribution >= 4 is 27.3 Å². The fraction of sp³-hybridized carbons (Fsp3) is 0.333. The van der Waals surface area contributed by atoms with E-state index in [0.717, 1.165) is 17.0 Å². The van der Waals surface area contributed by atoms with Gasteiger partial charge in [-0.05, 0) is 30.5 Å². The number of nitrogens with zero attached hydrogens (tertiary/aromatic N) is 1. The Labute approximate surface area is 145 Å². The minimum Gasteiger partial charge on any atom is -0.350 e. The molecular formula is C15H20N4O3S2.